The second kappa shape index (κ2) is 7.36. The van der Waals surface area contributed by atoms with Gasteiger partial charge < -0.3 is 5.73 Å². The molecule has 0 aliphatic heterocycles. The van der Waals surface area contributed by atoms with Crippen LogP contribution in [0.15, 0.2) is 29.4 Å². The number of amidine groups is 1. The fraction of sp³-hybridized carbons (Fsp3) is 0.308. The lowest BCUT2D eigenvalue weighted by Crippen LogP contribution is -2.10. The molecule has 0 heterocycles. The Hall–Kier alpha value is -0.990. The van der Waals surface area contributed by atoms with Gasteiger partial charge in [-0.25, -0.2) is 4.99 Å². The maximum Gasteiger partial charge on any atom is 0.0988 e. The van der Waals surface area contributed by atoms with Crippen molar-refractivity contribution in [2.24, 2.45) is 10.7 Å². The van der Waals surface area contributed by atoms with Gasteiger partial charge in [-0.2, -0.15) is 0 Å². The third kappa shape index (κ3) is 5.24. The van der Waals surface area contributed by atoms with Crippen molar-refractivity contribution in [3.8, 4) is 0 Å². The molecule has 1 aromatic rings. The average Bonchev–Trinajstić information content (AvgIpc) is 2.31. The first-order valence-electron chi connectivity index (χ1n) is 5.57. The van der Waals surface area contributed by atoms with Crippen LogP contribution in [0.3, 0.4) is 0 Å². The van der Waals surface area contributed by atoms with Crippen molar-refractivity contribution in [2.75, 3.05) is 0 Å². The first kappa shape index (κ1) is 14.1. The van der Waals surface area contributed by atoms with Crippen LogP contribution in [0.1, 0.15) is 31.7 Å². The summed E-state index contributed by atoms with van der Waals surface area (Å²) in [5.41, 5.74) is 6.68. The predicted molar refractivity (Wildman–Crippen MR) is 76.6 cm³/mol. The summed E-state index contributed by atoms with van der Waals surface area (Å²) in [6.45, 7) is 2.12. The number of hydrogen-bond donors (Lipinski definition) is 1. The van der Waals surface area contributed by atoms with Crippen molar-refractivity contribution < 1.29 is 0 Å². The molecule has 0 fully saturated rings. The van der Waals surface area contributed by atoms with Gasteiger partial charge in [0.1, 0.15) is 0 Å². The highest BCUT2D eigenvalue weighted by molar-refractivity contribution is 6.42. The van der Waals surface area contributed by atoms with Crippen molar-refractivity contribution >= 4 is 35.1 Å². The van der Waals surface area contributed by atoms with Crippen LogP contribution >= 0.6 is 23.2 Å². The van der Waals surface area contributed by atoms with Crippen LogP contribution in [0.5, 0.6) is 0 Å². The molecule has 17 heavy (non-hydrogen) atoms. The van der Waals surface area contributed by atoms with E-state index in [4.69, 9.17) is 28.9 Å². The van der Waals surface area contributed by atoms with E-state index >= 15 is 0 Å². The SMILES string of the molecule is CCCCC(N)=N/C=C/c1ccc(Cl)c(Cl)c1. The third-order valence-electron chi connectivity index (χ3n) is 2.24. The number of nitrogens with zero attached hydrogens (tertiary/aromatic N) is 1. The zero-order valence-electron chi connectivity index (χ0n) is 9.79. The van der Waals surface area contributed by atoms with Gasteiger partial charge in [-0.3, -0.25) is 0 Å². The van der Waals surface area contributed by atoms with Crippen LogP contribution < -0.4 is 5.73 Å². The summed E-state index contributed by atoms with van der Waals surface area (Å²) in [6.07, 6.45) is 6.55. The number of halogens is 2. The topological polar surface area (TPSA) is 38.4 Å². The van der Waals surface area contributed by atoms with Crippen molar-refractivity contribution in [1.82, 2.24) is 0 Å². The molecule has 4 heteroatoms. The summed E-state index contributed by atoms with van der Waals surface area (Å²) in [6, 6.07) is 5.42. The number of rotatable bonds is 5. The minimum Gasteiger partial charge on any atom is -0.387 e. The largest absolute Gasteiger partial charge is 0.387 e. The summed E-state index contributed by atoms with van der Waals surface area (Å²) in [4.78, 5) is 4.15. The average molecular weight is 271 g/mol. The molecule has 92 valence electrons. The molecule has 0 unspecified atom stereocenters. The lowest BCUT2D eigenvalue weighted by atomic mass is 10.2. The molecular formula is C13H16Cl2N2. The number of benzene rings is 1. The monoisotopic (exact) mass is 270 g/mol. The lowest BCUT2D eigenvalue weighted by molar-refractivity contribution is 0.831. The molecule has 0 aliphatic carbocycles. The van der Waals surface area contributed by atoms with E-state index in [1.54, 1.807) is 18.3 Å². The van der Waals surface area contributed by atoms with E-state index < -0.39 is 0 Å². The molecule has 1 aromatic carbocycles. The van der Waals surface area contributed by atoms with E-state index in [2.05, 4.69) is 11.9 Å². The van der Waals surface area contributed by atoms with E-state index in [0.29, 0.717) is 15.9 Å². The summed E-state index contributed by atoms with van der Waals surface area (Å²) in [5.74, 6) is 0.656. The Morgan fingerprint density at radius 1 is 1.35 bits per heavy atom. The highest BCUT2D eigenvalue weighted by Crippen LogP contribution is 2.23. The number of unbranched alkanes of at least 4 members (excludes halogenated alkanes) is 1. The minimum atomic E-state index is 0.539. The molecule has 2 nitrogen and oxygen atoms in total. The zero-order valence-corrected chi connectivity index (χ0v) is 11.3. The second-order valence-corrected chi connectivity index (χ2v) is 4.53. The molecule has 0 saturated heterocycles. The van der Waals surface area contributed by atoms with Crippen molar-refractivity contribution in [1.29, 1.82) is 0 Å². The van der Waals surface area contributed by atoms with Gasteiger partial charge in [-0.15, -0.1) is 0 Å². The van der Waals surface area contributed by atoms with Crippen LogP contribution in [0, 0.1) is 0 Å². The number of hydrogen-bond acceptors (Lipinski definition) is 1. The van der Waals surface area contributed by atoms with Crippen molar-refractivity contribution in [2.45, 2.75) is 26.2 Å². The molecule has 0 atom stereocenters. The Labute approximate surface area is 112 Å². The van der Waals surface area contributed by atoms with Crippen molar-refractivity contribution in [3.05, 3.63) is 40.0 Å². The van der Waals surface area contributed by atoms with Gasteiger partial charge in [0.25, 0.3) is 0 Å². The lowest BCUT2D eigenvalue weighted by Gasteiger charge is -1.97. The summed E-state index contributed by atoms with van der Waals surface area (Å²) < 4.78 is 0. The zero-order chi connectivity index (χ0) is 12.7. The molecule has 0 aromatic heterocycles. The van der Waals surface area contributed by atoms with Gasteiger partial charge in [0, 0.05) is 12.6 Å². The Morgan fingerprint density at radius 3 is 2.76 bits per heavy atom. The van der Waals surface area contributed by atoms with E-state index in [1.165, 1.54) is 0 Å². The standard InChI is InChI=1S/C13H16Cl2N2/c1-2-3-4-13(16)17-8-7-10-5-6-11(14)12(15)9-10/h5-9H,2-4H2,1H3,(H2,16,17)/b8-7+. The Bertz CT molecular complexity index is 425. The number of aliphatic imine (C=N–C) groups is 1. The van der Waals surface area contributed by atoms with E-state index in [-0.39, 0.29) is 0 Å². The first-order valence-corrected chi connectivity index (χ1v) is 6.33. The molecule has 0 aliphatic rings. The number of nitrogens with two attached hydrogens (primary N) is 1. The molecule has 0 radical (unpaired) electrons. The second-order valence-electron chi connectivity index (χ2n) is 3.71. The van der Waals surface area contributed by atoms with E-state index in [9.17, 15) is 0 Å². The quantitative estimate of drug-likeness (QED) is 0.621. The minimum absolute atomic E-state index is 0.539. The van der Waals surface area contributed by atoms with Crippen molar-refractivity contribution in [3.63, 3.8) is 0 Å². The Kier molecular flexibility index (Phi) is 6.09. The van der Waals surface area contributed by atoms with E-state index in [1.807, 2.05) is 12.1 Å². The van der Waals surface area contributed by atoms with Gasteiger partial charge in [0.2, 0.25) is 0 Å². The molecule has 1 rings (SSSR count). The summed E-state index contributed by atoms with van der Waals surface area (Å²) >= 11 is 11.7. The predicted octanol–water partition coefficient (Wildman–Crippen LogP) is 4.51. The van der Waals surface area contributed by atoms with Crippen LogP contribution in [0.25, 0.3) is 6.08 Å². The van der Waals surface area contributed by atoms with Gasteiger partial charge in [-0.1, -0.05) is 42.6 Å². The molecule has 0 bridgehead atoms. The highest BCUT2D eigenvalue weighted by Gasteiger charge is 1.96. The fourth-order valence-corrected chi connectivity index (χ4v) is 1.56. The molecule has 0 spiro atoms. The summed E-state index contributed by atoms with van der Waals surface area (Å²) in [7, 11) is 0. The van der Waals surface area contributed by atoms with Crippen LogP contribution in [0.2, 0.25) is 10.0 Å². The maximum absolute atomic E-state index is 5.90. The van der Waals surface area contributed by atoms with Gasteiger partial charge in [0.05, 0.1) is 15.9 Å². The van der Waals surface area contributed by atoms with Gasteiger partial charge >= 0.3 is 0 Å². The molecule has 0 amide bonds. The Morgan fingerprint density at radius 2 is 2.12 bits per heavy atom. The van der Waals surface area contributed by atoms with E-state index in [0.717, 1.165) is 24.8 Å². The normalized spacial score (nSPS) is 12.3. The van der Waals surface area contributed by atoms with Crippen LogP contribution in [0.4, 0.5) is 0 Å². The summed E-state index contributed by atoms with van der Waals surface area (Å²) in [5, 5.41) is 1.09. The highest BCUT2D eigenvalue weighted by atomic mass is 35.5. The first-order chi connectivity index (χ1) is 8.13. The van der Waals surface area contributed by atoms with Crippen LogP contribution in [-0.2, 0) is 0 Å². The van der Waals surface area contributed by atoms with Crippen LogP contribution in [-0.4, -0.2) is 5.84 Å². The Balaban J connectivity index is 2.61. The van der Waals surface area contributed by atoms with Gasteiger partial charge in [-0.05, 0) is 30.2 Å². The smallest absolute Gasteiger partial charge is 0.0988 e. The van der Waals surface area contributed by atoms with Gasteiger partial charge in [0.15, 0.2) is 0 Å². The molecule has 0 saturated carbocycles. The maximum atomic E-state index is 5.90. The third-order valence-corrected chi connectivity index (χ3v) is 2.98. The molecular weight excluding hydrogens is 255 g/mol. The fourth-order valence-electron chi connectivity index (χ4n) is 1.26. The molecule has 2 N–H and O–H groups in total.